The third kappa shape index (κ3) is 1.85. The zero-order valence-corrected chi connectivity index (χ0v) is 5.46. The van der Waals surface area contributed by atoms with Gasteiger partial charge in [-0.25, -0.2) is 4.39 Å². The molecule has 0 spiro atoms. The van der Waals surface area contributed by atoms with Gasteiger partial charge in [0.05, 0.1) is 13.1 Å². The summed E-state index contributed by atoms with van der Waals surface area (Å²) >= 11 is 0. The van der Waals surface area contributed by atoms with Gasteiger partial charge in [-0.3, -0.25) is 4.74 Å². The largest absolute Gasteiger partial charge is 0.370 e. The van der Waals surface area contributed by atoms with E-state index < -0.39 is 18.5 Å². The van der Waals surface area contributed by atoms with Crippen LogP contribution in [0.25, 0.3) is 0 Å². The highest BCUT2D eigenvalue weighted by Gasteiger charge is 2.44. The molecule has 2 nitrogen and oxygen atoms in total. The zero-order valence-electron chi connectivity index (χ0n) is 5.46. The van der Waals surface area contributed by atoms with Gasteiger partial charge in [0.2, 0.25) is 5.85 Å². The standard InChI is InChI=1S/C5H8F3NO/c1-4(6)2-9-3-5(7,8)10-4/h9H,2-3H2,1H3. The number of hydrogen-bond donors (Lipinski definition) is 1. The first-order chi connectivity index (χ1) is 4.41. The lowest BCUT2D eigenvalue weighted by molar-refractivity contribution is -0.337. The number of alkyl halides is 3. The number of hydrogen-bond acceptors (Lipinski definition) is 2. The molecule has 0 amide bonds. The van der Waals surface area contributed by atoms with E-state index in [1.807, 2.05) is 0 Å². The van der Waals surface area contributed by atoms with E-state index in [4.69, 9.17) is 0 Å². The number of halogens is 3. The quantitative estimate of drug-likeness (QED) is 0.560. The van der Waals surface area contributed by atoms with Crippen LogP contribution in [0.1, 0.15) is 6.92 Å². The summed E-state index contributed by atoms with van der Waals surface area (Å²) in [6.07, 6.45) is -3.37. The van der Waals surface area contributed by atoms with Crippen molar-refractivity contribution in [2.24, 2.45) is 0 Å². The molecule has 1 aliphatic rings. The monoisotopic (exact) mass is 155 g/mol. The highest BCUT2D eigenvalue weighted by molar-refractivity contribution is 4.75. The first-order valence-corrected chi connectivity index (χ1v) is 2.89. The summed E-state index contributed by atoms with van der Waals surface area (Å²) in [4.78, 5) is 0. The number of morpholine rings is 1. The Balaban J connectivity index is 2.56. The number of rotatable bonds is 0. The summed E-state index contributed by atoms with van der Waals surface area (Å²) in [5.41, 5.74) is 0. The smallest absolute Gasteiger partial charge is 0.304 e. The maximum atomic E-state index is 12.6. The van der Waals surface area contributed by atoms with E-state index in [2.05, 4.69) is 10.1 Å². The van der Waals surface area contributed by atoms with Crippen LogP contribution in [-0.4, -0.2) is 25.1 Å². The van der Waals surface area contributed by atoms with Crippen LogP contribution in [0, 0.1) is 0 Å². The lowest BCUT2D eigenvalue weighted by atomic mass is 10.3. The minimum atomic E-state index is -3.37. The fourth-order valence-corrected chi connectivity index (χ4v) is 0.815. The molecule has 0 radical (unpaired) electrons. The Labute approximate surface area is 56.4 Å². The van der Waals surface area contributed by atoms with Crippen molar-refractivity contribution in [3.05, 3.63) is 0 Å². The second-order valence-electron chi connectivity index (χ2n) is 2.44. The van der Waals surface area contributed by atoms with Crippen molar-refractivity contribution < 1.29 is 17.9 Å². The van der Waals surface area contributed by atoms with Gasteiger partial charge in [0.15, 0.2) is 0 Å². The van der Waals surface area contributed by atoms with Gasteiger partial charge in [0, 0.05) is 0 Å². The van der Waals surface area contributed by atoms with Gasteiger partial charge in [-0.1, -0.05) is 0 Å². The Morgan fingerprint density at radius 3 is 2.20 bits per heavy atom. The predicted octanol–water partition coefficient (Wildman–Crippen LogP) is 0.885. The van der Waals surface area contributed by atoms with Crippen LogP contribution in [0.15, 0.2) is 0 Å². The molecule has 1 unspecified atom stereocenters. The highest BCUT2D eigenvalue weighted by atomic mass is 19.3. The van der Waals surface area contributed by atoms with E-state index in [0.717, 1.165) is 6.92 Å². The van der Waals surface area contributed by atoms with Crippen molar-refractivity contribution in [3.8, 4) is 0 Å². The van der Waals surface area contributed by atoms with E-state index in [1.54, 1.807) is 0 Å². The third-order valence-electron chi connectivity index (χ3n) is 1.13. The Morgan fingerprint density at radius 1 is 1.30 bits per heavy atom. The van der Waals surface area contributed by atoms with Crippen LogP contribution in [0.5, 0.6) is 0 Å². The summed E-state index contributed by atoms with van der Waals surface area (Å²) in [5, 5.41) is 2.22. The topological polar surface area (TPSA) is 21.3 Å². The summed E-state index contributed by atoms with van der Waals surface area (Å²) in [5.74, 6) is -2.25. The van der Waals surface area contributed by atoms with Gasteiger partial charge in [0.25, 0.3) is 0 Å². The molecule has 0 aromatic rings. The van der Waals surface area contributed by atoms with E-state index in [-0.39, 0.29) is 6.54 Å². The van der Waals surface area contributed by atoms with Gasteiger partial charge >= 0.3 is 6.11 Å². The van der Waals surface area contributed by atoms with Crippen molar-refractivity contribution in [3.63, 3.8) is 0 Å². The Morgan fingerprint density at radius 2 is 1.90 bits per heavy atom. The van der Waals surface area contributed by atoms with Crippen LogP contribution in [0.4, 0.5) is 13.2 Å². The molecule has 0 aromatic heterocycles. The molecule has 1 heterocycles. The zero-order chi connectivity index (χ0) is 7.83. The minimum Gasteiger partial charge on any atom is -0.304 e. The predicted molar refractivity (Wildman–Crippen MR) is 28.4 cm³/mol. The Kier molecular flexibility index (Phi) is 1.64. The molecule has 1 fully saturated rings. The molecular formula is C5H8F3NO. The molecule has 0 saturated carbocycles. The molecule has 1 rings (SSSR count). The van der Waals surface area contributed by atoms with Gasteiger partial charge in [-0.15, -0.1) is 0 Å². The van der Waals surface area contributed by atoms with Crippen LogP contribution < -0.4 is 5.32 Å². The fraction of sp³-hybridized carbons (Fsp3) is 1.00. The summed E-state index contributed by atoms with van der Waals surface area (Å²) in [6, 6.07) is 0. The maximum absolute atomic E-state index is 12.6. The summed E-state index contributed by atoms with van der Waals surface area (Å²) in [6.45, 7) is 0.155. The molecule has 1 N–H and O–H groups in total. The molecule has 0 bridgehead atoms. The average molecular weight is 155 g/mol. The van der Waals surface area contributed by atoms with Crippen LogP contribution in [-0.2, 0) is 4.74 Å². The molecule has 60 valence electrons. The van der Waals surface area contributed by atoms with Crippen molar-refractivity contribution in [2.75, 3.05) is 13.1 Å². The van der Waals surface area contributed by atoms with Crippen molar-refractivity contribution in [2.45, 2.75) is 18.9 Å². The maximum Gasteiger partial charge on any atom is 0.370 e. The van der Waals surface area contributed by atoms with E-state index in [1.165, 1.54) is 0 Å². The molecule has 1 saturated heterocycles. The lowest BCUT2D eigenvalue weighted by Crippen LogP contribution is -2.53. The van der Waals surface area contributed by atoms with Gasteiger partial charge in [-0.05, 0) is 6.92 Å². The van der Waals surface area contributed by atoms with Gasteiger partial charge in [0.1, 0.15) is 0 Å². The van der Waals surface area contributed by atoms with Crippen LogP contribution >= 0.6 is 0 Å². The molecule has 1 aliphatic heterocycles. The van der Waals surface area contributed by atoms with Crippen LogP contribution in [0.3, 0.4) is 0 Å². The fourth-order valence-electron chi connectivity index (χ4n) is 0.815. The average Bonchev–Trinajstić information content (AvgIpc) is 1.56. The highest BCUT2D eigenvalue weighted by Crippen LogP contribution is 2.27. The minimum absolute atomic E-state index is 0.192. The molecule has 1 atom stereocenters. The third-order valence-corrected chi connectivity index (χ3v) is 1.13. The van der Waals surface area contributed by atoms with Crippen molar-refractivity contribution >= 4 is 0 Å². The first kappa shape index (κ1) is 7.81. The summed E-state index contributed by atoms with van der Waals surface area (Å²) < 4.78 is 40.8. The molecular weight excluding hydrogens is 147 g/mol. The number of nitrogens with one attached hydrogen (secondary N) is 1. The molecule has 0 aliphatic carbocycles. The Hall–Kier alpha value is -0.290. The second-order valence-corrected chi connectivity index (χ2v) is 2.44. The second kappa shape index (κ2) is 2.10. The van der Waals surface area contributed by atoms with Gasteiger partial charge < -0.3 is 5.32 Å². The number of ether oxygens (including phenoxy) is 1. The summed E-state index contributed by atoms with van der Waals surface area (Å²) in [7, 11) is 0. The first-order valence-electron chi connectivity index (χ1n) is 2.89. The Bertz CT molecular complexity index is 123. The van der Waals surface area contributed by atoms with Gasteiger partial charge in [-0.2, -0.15) is 8.78 Å². The molecule has 10 heavy (non-hydrogen) atoms. The lowest BCUT2D eigenvalue weighted by Gasteiger charge is -2.32. The molecule has 0 aromatic carbocycles. The van der Waals surface area contributed by atoms with E-state index in [9.17, 15) is 13.2 Å². The molecule has 5 heteroatoms. The normalized spacial score (nSPS) is 39.6. The van der Waals surface area contributed by atoms with E-state index >= 15 is 0 Å². The van der Waals surface area contributed by atoms with Crippen molar-refractivity contribution in [1.82, 2.24) is 5.32 Å². The van der Waals surface area contributed by atoms with E-state index in [0.29, 0.717) is 0 Å². The SMILES string of the molecule is CC1(F)CNCC(F)(F)O1. The van der Waals surface area contributed by atoms with Crippen LogP contribution in [0.2, 0.25) is 0 Å². The van der Waals surface area contributed by atoms with Crippen molar-refractivity contribution in [1.29, 1.82) is 0 Å².